The minimum atomic E-state index is -1.98. The molecule has 1 amide bonds. The number of nitrogens with one attached hydrogen (secondary N) is 1. The molecule has 0 saturated heterocycles. The maximum absolute atomic E-state index is 12.7. The third-order valence-corrected chi connectivity index (χ3v) is 2.92. The Morgan fingerprint density at radius 3 is 2.32 bits per heavy atom. The molecular formula is C15H16FNO5. The molecule has 0 aliphatic rings. The van der Waals surface area contributed by atoms with E-state index < -0.39 is 29.8 Å². The van der Waals surface area contributed by atoms with Crippen LogP contribution in [0.25, 0.3) is 0 Å². The number of esters is 2. The Hall–Kier alpha value is -2.70. The number of amides is 1. The van der Waals surface area contributed by atoms with E-state index in [1.54, 1.807) is 18.2 Å². The highest BCUT2D eigenvalue weighted by Gasteiger charge is 2.42. The first-order chi connectivity index (χ1) is 10.5. The molecule has 0 aliphatic heterocycles. The molecule has 0 heterocycles. The van der Waals surface area contributed by atoms with Crippen molar-refractivity contribution in [1.29, 1.82) is 0 Å². The van der Waals surface area contributed by atoms with Crippen LogP contribution >= 0.6 is 0 Å². The monoisotopic (exact) mass is 309 g/mol. The van der Waals surface area contributed by atoms with Gasteiger partial charge in [-0.3, -0.25) is 9.59 Å². The van der Waals surface area contributed by atoms with Crippen LogP contribution in [0.2, 0.25) is 0 Å². The summed E-state index contributed by atoms with van der Waals surface area (Å²) in [4.78, 5) is 35.7. The molecule has 1 aromatic carbocycles. The van der Waals surface area contributed by atoms with Gasteiger partial charge >= 0.3 is 11.9 Å². The predicted octanol–water partition coefficient (Wildman–Crippen LogP) is 1.37. The summed E-state index contributed by atoms with van der Waals surface area (Å²) < 4.78 is 21.8. The first-order valence-corrected chi connectivity index (χ1v) is 6.30. The van der Waals surface area contributed by atoms with Gasteiger partial charge in [0.05, 0.1) is 27.0 Å². The smallest absolute Gasteiger partial charge is 0.336 e. The zero-order valence-electron chi connectivity index (χ0n) is 12.2. The van der Waals surface area contributed by atoms with E-state index in [9.17, 15) is 18.8 Å². The molecule has 1 aromatic rings. The summed E-state index contributed by atoms with van der Waals surface area (Å²) in [5, 5.41) is 2.32. The van der Waals surface area contributed by atoms with Crippen LogP contribution in [0.4, 0.5) is 4.39 Å². The molecule has 0 spiro atoms. The molecule has 22 heavy (non-hydrogen) atoms. The lowest BCUT2D eigenvalue weighted by molar-refractivity contribution is -0.152. The van der Waals surface area contributed by atoms with Crippen molar-refractivity contribution in [3.63, 3.8) is 0 Å². The van der Waals surface area contributed by atoms with Gasteiger partial charge in [-0.15, -0.1) is 0 Å². The minimum absolute atomic E-state index is 0.0606. The van der Waals surface area contributed by atoms with Crippen molar-refractivity contribution in [3.05, 3.63) is 48.3 Å². The van der Waals surface area contributed by atoms with E-state index in [1.165, 1.54) is 12.1 Å². The molecule has 6 nitrogen and oxygen atoms in total. The first kappa shape index (κ1) is 17.4. The highest BCUT2D eigenvalue weighted by molar-refractivity contribution is 6.00. The lowest BCUT2D eigenvalue weighted by Crippen LogP contribution is -2.55. The minimum Gasteiger partial charge on any atom is -0.469 e. The van der Waals surface area contributed by atoms with Crippen LogP contribution in [0.15, 0.2) is 42.7 Å². The van der Waals surface area contributed by atoms with E-state index in [2.05, 4.69) is 14.8 Å². The summed E-state index contributed by atoms with van der Waals surface area (Å²) in [7, 11) is 2.18. The number of halogens is 1. The number of benzene rings is 1. The number of ether oxygens (including phenoxy) is 2. The molecule has 0 aliphatic carbocycles. The van der Waals surface area contributed by atoms with Crippen LogP contribution in [0, 0.1) is 0 Å². The van der Waals surface area contributed by atoms with E-state index in [0.717, 1.165) is 20.3 Å². The lowest BCUT2D eigenvalue weighted by atomic mass is 9.94. The molecule has 118 valence electrons. The molecular weight excluding hydrogens is 293 g/mol. The van der Waals surface area contributed by atoms with E-state index in [0.29, 0.717) is 0 Å². The average molecular weight is 309 g/mol. The zero-order valence-corrected chi connectivity index (χ0v) is 12.2. The number of hydrogen-bond donors (Lipinski definition) is 1. The van der Waals surface area contributed by atoms with Gasteiger partial charge < -0.3 is 14.8 Å². The summed E-state index contributed by atoms with van der Waals surface area (Å²) in [5.41, 5.74) is -1.74. The summed E-state index contributed by atoms with van der Waals surface area (Å²) in [6.45, 7) is 0. The van der Waals surface area contributed by atoms with Gasteiger partial charge in [0.15, 0.2) is 5.54 Å². The fourth-order valence-corrected chi connectivity index (χ4v) is 1.79. The lowest BCUT2D eigenvalue weighted by Gasteiger charge is -2.27. The quantitative estimate of drug-likeness (QED) is 0.803. The molecule has 1 atom stereocenters. The van der Waals surface area contributed by atoms with E-state index in [4.69, 9.17) is 0 Å². The van der Waals surface area contributed by atoms with Crippen molar-refractivity contribution in [2.75, 3.05) is 14.2 Å². The van der Waals surface area contributed by atoms with Gasteiger partial charge in [-0.1, -0.05) is 18.2 Å². The van der Waals surface area contributed by atoms with Crippen LogP contribution in [0.1, 0.15) is 16.8 Å². The van der Waals surface area contributed by atoms with Crippen molar-refractivity contribution >= 4 is 17.8 Å². The van der Waals surface area contributed by atoms with Gasteiger partial charge in [0.1, 0.15) is 0 Å². The number of carbonyl (C=O) groups excluding carboxylic acids is 3. The van der Waals surface area contributed by atoms with Crippen LogP contribution in [-0.4, -0.2) is 37.6 Å². The normalized spacial score (nSPS) is 13.2. The molecule has 0 fully saturated rings. The SMILES string of the molecule is COC(=O)CC(/C=C\F)(NC(=O)c1ccccc1)C(=O)OC. The maximum Gasteiger partial charge on any atom is 0.336 e. The highest BCUT2D eigenvalue weighted by Crippen LogP contribution is 2.18. The Labute approximate surface area is 126 Å². The highest BCUT2D eigenvalue weighted by atomic mass is 19.1. The summed E-state index contributed by atoms with van der Waals surface area (Å²) >= 11 is 0. The Morgan fingerprint density at radius 2 is 1.82 bits per heavy atom. The summed E-state index contributed by atoms with van der Waals surface area (Å²) in [6.07, 6.45) is 0.205. The van der Waals surface area contributed by atoms with Crippen molar-refractivity contribution < 1.29 is 28.2 Å². The second kappa shape index (κ2) is 7.92. The Balaban J connectivity index is 3.15. The third-order valence-electron chi connectivity index (χ3n) is 2.92. The van der Waals surface area contributed by atoms with Gasteiger partial charge in [0.25, 0.3) is 5.91 Å². The average Bonchev–Trinajstić information content (AvgIpc) is 2.54. The molecule has 1 N–H and O–H groups in total. The Morgan fingerprint density at radius 1 is 1.18 bits per heavy atom. The largest absolute Gasteiger partial charge is 0.469 e. The second-order valence-corrected chi connectivity index (χ2v) is 4.33. The number of carbonyl (C=O) groups is 3. The molecule has 0 saturated carbocycles. The van der Waals surface area contributed by atoms with Gasteiger partial charge in [-0.25, -0.2) is 9.18 Å². The Kier molecular flexibility index (Phi) is 6.25. The van der Waals surface area contributed by atoms with Crippen LogP contribution < -0.4 is 5.32 Å². The van der Waals surface area contributed by atoms with E-state index in [-0.39, 0.29) is 11.9 Å². The molecule has 0 bridgehead atoms. The second-order valence-electron chi connectivity index (χ2n) is 4.33. The number of rotatable bonds is 6. The van der Waals surface area contributed by atoms with Crippen LogP contribution in [-0.2, 0) is 19.1 Å². The van der Waals surface area contributed by atoms with Gasteiger partial charge in [-0.05, 0) is 18.2 Å². The van der Waals surface area contributed by atoms with Crippen molar-refractivity contribution in [1.82, 2.24) is 5.32 Å². The van der Waals surface area contributed by atoms with E-state index in [1.807, 2.05) is 0 Å². The predicted molar refractivity (Wildman–Crippen MR) is 75.5 cm³/mol. The van der Waals surface area contributed by atoms with Gasteiger partial charge in [0.2, 0.25) is 0 Å². The van der Waals surface area contributed by atoms with Crippen molar-refractivity contribution in [3.8, 4) is 0 Å². The maximum atomic E-state index is 12.7. The van der Waals surface area contributed by atoms with Gasteiger partial charge in [0, 0.05) is 5.56 Å². The first-order valence-electron chi connectivity index (χ1n) is 6.30. The molecule has 7 heteroatoms. The summed E-state index contributed by atoms with van der Waals surface area (Å²) in [6, 6.07) is 7.98. The molecule has 0 radical (unpaired) electrons. The number of methoxy groups -OCH3 is 2. The van der Waals surface area contributed by atoms with Crippen LogP contribution in [0.3, 0.4) is 0 Å². The standard InChI is InChI=1S/C15H16FNO5/c1-21-12(18)10-15(8-9-16,14(20)22-2)17-13(19)11-6-4-3-5-7-11/h3-9H,10H2,1-2H3,(H,17,19)/b9-8-. The topological polar surface area (TPSA) is 81.7 Å². The molecule has 0 aromatic heterocycles. The van der Waals surface area contributed by atoms with Crippen molar-refractivity contribution in [2.24, 2.45) is 0 Å². The van der Waals surface area contributed by atoms with Crippen molar-refractivity contribution in [2.45, 2.75) is 12.0 Å². The zero-order chi connectivity index (χ0) is 16.6. The summed E-state index contributed by atoms with van der Waals surface area (Å²) in [5.74, 6) is -2.46. The van der Waals surface area contributed by atoms with E-state index >= 15 is 0 Å². The fraction of sp³-hybridized carbons (Fsp3) is 0.267. The molecule has 1 unspecified atom stereocenters. The number of hydrogen-bond acceptors (Lipinski definition) is 5. The fourth-order valence-electron chi connectivity index (χ4n) is 1.79. The van der Waals surface area contributed by atoms with Crippen LogP contribution in [0.5, 0.6) is 0 Å². The third kappa shape index (κ3) is 4.15. The molecule has 1 rings (SSSR count). The Bertz CT molecular complexity index is 573. The van der Waals surface area contributed by atoms with Gasteiger partial charge in [-0.2, -0.15) is 0 Å².